The summed E-state index contributed by atoms with van der Waals surface area (Å²) in [5, 5.41) is 12.7. The van der Waals surface area contributed by atoms with Crippen molar-refractivity contribution in [2.45, 2.75) is 27.2 Å². The van der Waals surface area contributed by atoms with E-state index in [1.165, 1.54) is 11.1 Å². The topological polar surface area (TPSA) is 41.5 Å². The van der Waals surface area contributed by atoms with Crippen LogP contribution in [0.3, 0.4) is 0 Å². The summed E-state index contributed by atoms with van der Waals surface area (Å²) < 4.78 is 5.37. The molecule has 0 aliphatic carbocycles. The molecule has 0 saturated heterocycles. The smallest absolute Gasteiger partial charge is 0.122 e. The number of rotatable bonds is 8. The summed E-state index contributed by atoms with van der Waals surface area (Å²) in [6.07, 6.45) is 0.946. The lowest BCUT2D eigenvalue weighted by atomic mass is 9.97. The highest BCUT2D eigenvalue weighted by Gasteiger charge is 2.11. The molecule has 1 rings (SSSR count). The molecule has 1 unspecified atom stereocenters. The fourth-order valence-electron chi connectivity index (χ4n) is 2.12. The Morgan fingerprint density at radius 2 is 2.05 bits per heavy atom. The first-order chi connectivity index (χ1) is 9.08. The van der Waals surface area contributed by atoms with Crippen molar-refractivity contribution in [2.24, 2.45) is 11.8 Å². The molecule has 0 heterocycles. The second-order valence-corrected chi connectivity index (χ2v) is 5.46. The Morgan fingerprint density at radius 1 is 1.32 bits per heavy atom. The molecular formula is C16H27NO2. The van der Waals surface area contributed by atoms with Crippen molar-refractivity contribution in [1.82, 2.24) is 5.32 Å². The van der Waals surface area contributed by atoms with E-state index in [1.54, 1.807) is 7.11 Å². The Balaban J connectivity index is 2.42. The maximum absolute atomic E-state index is 9.27. The highest BCUT2D eigenvalue weighted by atomic mass is 16.5. The number of aliphatic hydroxyl groups excluding tert-OH is 1. The van der Waals surface area contributed by atoms with Crippen molar-refractivity contribution in [3.63, 3.8) is 0 Å². The van der Waals surface area contributed by atoms with Crippen molar-refractivity contribution < 1.29 is 9.84 Å². The van der Waals surface area contributed by atoms with E-state index in [0.29, 0.717) is 11.8 Å². The molecule has 0 spiro atoms. The molecule has 3 nitrogen and oxygen atoms in total. The average molecular weight is 265 g/mol. The van der Waals surface area contributed by atoms with Gasteiger partial charge in [-0.25, -0.2) is 0 Å². The van der Waals surface area contributed by atoms with Gasteiger partial charge in [-0.2, -0.15) is 0 Å². The van der Waals surface area contributed by atoms with Crippen LogP contribution >= 0.6 is 0 Å². The molecule has 2 N–H and O–H groups in total. The number of ether oxygens (including phenoxy) is 1. The van der Waals surface area contributed by atoms with Gasteiger partial charge in [0.2, 0.25) is 0 Å². The molecule has 0 aliphatic heterocycles. The molecule has 0 bridgehead atoms. The lowest BCUT2D eigenvalue weighted by Crippen LogP contribution is -2.30. The zero-order valence-electron chi connectivity index (χ0n) is 12.6. The standard InChI is InChI=1S/C16H27NO2/c1-12(2)15(11-18)10-17-8-7-14-9-13(3)5-6-16(14)19-4/h5-6,9,12,15,17-18H,7-8,10-11H2,1-4H3. The summed E-state index contributed by atoms with van der Waals surface area (Å²) in [6, 6.07) is 6.26. The van der Waals surface area contributed by atoms with E-state index in [-0.39, 0.29) is 6.61 Å². The van der Waals surface area contributed by atoms with E-state index < -0.39 is 0 Å². The summed E-state index contributed by atoms with van der Waals surface area (Å²) in [5.74, 6) is 1.79. The van der Waals surface area contributed by atoms with Gasteiger partial charge in [-0.15, -0.1) is 0 Å². The number of hydrogen-bond donors (Lipinski definition) is 2. The summed E-state index contributed by atoms with van der Waals surface area (Å²) in [6.45, 7) is 8.40. The number of hydrogen-bond acceptors (Lipinski definition) is 3. The van der Waals surface area contributed by atoms with Gasteiger partial charge in [0.25, 0.3) is 0 Å². The Bertz CT molecular complexity index is 377. The highest BCUT2D eigenvalue weighted by molar-refractivity contribution is 5.37. The van der Waals surface area contributed by atoms with Crippen molar-refractivity contribution in [3.8, 4) is 5.75 Å². The fraction of sp³-hybridized carbons (Fsp3) is 0.625. The molecule has 19 heavy (non-hydrogen) atoms. The average Bonchev–Trinajstić information content (AvgIpc) is 2.38. The quantitative estimate of drug-likeness (QED) is 0.709. The first-order valence-electron chi connectivity index (χ1n) is 7.03. The molecule has 1 aromatic carbocycles. The predicted octanol–water partition coefficient (Wildman–Crippen LogP) is 2.40. The second-order valence-electron chi connectivity index (χ2n) is 5.46. The third-order valence-electron chi connectivity index (χ3n) is 3.59. The van der Waals surface area contributed by atoms with Crippen LogP contribution < -0.4 is 10.1 Å². The molecule has 1 aromatic rings. The van der Waals surface area contributed by atoms with Crippen molar-refractivity contribution >= 4 is 0 Å². The van der Waals surface area contributed by atoms with Crippen LogP contribution in [0.15, 0.2) is 18.2 Å². The zero-order chi connectivity index (χ0) is 14.3. The van der Waals surface area contributed by atoms with Crippen LogP contribution in [0.1, 0.15) is 25.0 Å². The Morgan fingerprint density at radius 3 is 2.63 bits per heavy atom. The first kappa shape index (κ1) is 16.0. The molecule has 0 radical (unpaired) electrons. The monoisotopic (exact) mass is 265 g/mol. The van der Waals surface area contributed by atoms with Gasteiger partial charge in [-0.1, -0.05) is 31.5 Å². The highest BCUT2D eigenvalue weighted by Crippen LogP contribution is 2.19. The van der Waals surface area contributed by atoms with Crippen molar-refractivity contribution in [3.05, 3.63) is 29.3 Å². The zero-order valence-corrected chi connectivity index (χ0v) is 12.6. The van der Waals surface area contributed by atoms with Crippen LogP contribution in [0.5, 0.6) is 5.75 Å². The number of benzene rings is 1. The van der Waals surface area contributed by atoms with Gasteiger partial charge < -0.3 is 15.2 Å². The normalized spacial score (nSPS) is 12.7. The second kappa shape index (κ2) is 8.18. The molecule has 0 aliphatic rings. The molecular weight excluding hydrogens is 238 g/mol. The SMILES string of the molecule is COc1ccc(C)cc1CCNCC(CO)C(C)C. The minimum Gasteiger partial charge on any atom is -0.496 e. The lowest BCUT2D eigenvalue weighted by Gasteiger charge is -2.19. The summed E-state index contributed by atoms with van der Waals surface area (Å²) in [4.78, 5) is 0. The van der Waals surface area contributed by atoms with Gasteiger partial charge in [0.15, 0.2) is 0 Å². The van der Waals surface area contributed by atoms with Gasteiger partial charge in [-0.05, 0) is 43.4 Å². The molecule has 0 aromatic heterocycles. The van der Waals surface area contributed by atoms with Gasteiger partial charge in [-0.3, -0.25) is 0 Å². The summed E-state index contributed by atoms with van der Waals surface area (Å²) in [7, 11) is 1.71. The molecule has 0 amide bonds. The van der Waals surface area contributed by atoms with Crippen LogP contribution in [-0.2, 0) is 6.42 Å². The Kier molecular flexibility index (Phi) is 6.89. The van der Waals surface area contributed by atoms with Gasteiger partial charge in [0.1, 0.15) is 5.75 Å². The Labute approximate surface area is 117 Å². The first-order valence-corrected chi connectivity index (χ1v) is 7.03. The van der Waals surface area contributed by atoms with Crippen LogP contribution in [0.4, 0.5) is 0 Å². The number of aryl methyl sites for hydroxylation is 1. The van der Waals surface area contributed by atoms with Crippen LogP contribution in [0.2, 0.25) is 0 Å². The number of aliphatic hydroxyl groups is 1. The van der Waals surface area contributed by atoms with Crippen LogP contribution in [-0.4, -0.2) is 31.9 Å². The van der Waals surface area contributed by atoms with E-state index in [2.05, 4.69) is 38.2 Å². The fourth-order valence-corrected chi connectivity index (χ4v) is 2.12. The van der Waals surface area contributed by atoms with E-state index in [4.69, 9.17) is 4.74 Å². The maximum Gasteiger partial charge on any atom is 0.122 e. The van der Waals surface area contributed by atoms with Gasteiger partial charge >= 0.3 is 0 Å². The molecule has 3 heteroatoms. The van der Waals surface area contributed by atoms with E-state index >= 15 is 0 Å². The predicted molar refractivity (Wildman–Crippen MR) is 79.7 cm³/mol. The maximum atomic E-state index is 9.27. The largest absolute Gasteiger partial charge is 0.496 e. The van der Waals surface area contributed by atoms with Gasteiger partial charge in [0, 0.05) is 13.2 Å². The van der Waals surface area contributed by atoms with E-state index in [9.17, 15) is 5.11 Å². The summed E-state index contributed by atoms with van der Waals surface area (Å²) >= 11 is 0. The number of nitrogens with one attached hydrogen (secondary N) is 1. The van der Waals surface area contributed by atoms with Gasteiger partial charge in [0.05, 0.1) is 7.11 Å². The Hall–Kier alpha value is -1.06. The summed E-state index contributed by atoms with van der Waals surface area (Å²) in [5.41, 5.74) is 2.49. The third-order valence-corrected chi connectivity index (χ3v) is 3.59. The van der Waals surface area contributed by atoms with Crippen LogP contribution in [0.25, 0.3) is 0 Å². The van der Waals surface area contributed by atoms with E-state index in [0.717, 1.165) is 25.3 Å². The minimum atomic E-state index is 0.248. The number of methoxy groups -OCH3 is 1. The van der Waals surface area contributed by atoms with E-state index in [1.807, 2.05) is 6.07 Å². The van der Waals surface area contributed by atoms with Crippen molar-refractivity contribution in [1.29, 1.82) is 0 Å². The molecule has 108 valence electrons. The molecule has 1 atom stereocenters. The molecule has 0 saturated carbocycles. The van der Waals surface area contributed by atoms with Crippen LogP contribution in [0, 0.1) is 18.8 Å². The minimum absolute atomic E-state index is 0.248. The molecule has 0 fully saturated rings. The lowest BCUT2D eigenvalue weighted by molar-refractivity contribution is 0.186. The third kappa shape index (κ3) is 5.21. The van der Waals surface area contributed by atoms with Crippen molar-refractivity contribution in [2.75, 3.05) is 26.8 Å².